The van der Waals surface area contributed by atoms with E-state index in [1.165, 1.54) is 25.1 Å². The Morgan fingerprint density at radius 1 is 0.974 bits per heavy atom. The summed E-state index contributed by atoms with van der Waals surface area (Å²) in [4.78, 5) is 13.0. The maximum Gasteiger partial charge on any atom is 0.280 e. The molecule has 0 aliphatic carbocycles. The number of hydrogen-bond acceptors (Lipinski definition) is 4. The van der Waals surface area contributed by atoms with Gasteiger partial charge in [0.2, 0.25) is 5.82 Å². The van der Waals surface area contributed by atoms with Crippen molar-refractivity contribution in [3.05, 3.63) is 91.7 Å². The molecule has 38 heavy (non-hydrogen) atoms. The van der Waals surface area contributed by atoms with Gasteiger partial charge >= 0.3 is 0 Å². The predicted molar refractivity (Wildman–Crippen MR) is 136 cm³/mol. The Morgan fingerprint density at radius 3 is 2.18 bits per heavy atom. The third kappa shape index (κ3) is 5.25. The van der Waals surface area contributed by atoms with Crippen LogP contribution >= 0.6 is 27.5 Å². The molecule has 1 aliphatic heterocycles. The maximum atomic E-state index is 14.3. The summed E-state index contributed by atoms with van der Waals surface area (Å²) in [5.41, 5.74) is -0.445. The number of benzene rings is 3. The van der Waals surface area contributed by atoms with Crippen LogP contribution in [-0.4, -0.2) is 18.2 Å². The molecule has 0 bridgehead atoms. The summed E-state index contributed by atoms with van der Waals surface area (Å²) < 4.78 is 81.9. The summed E-state index contributed by atoms with van der Waals surface area (Å²) in [6.45, 7) is 3.54. The van der Waals surface area contributed by atoms with Gasteiger partial charge in [-0.3, -0.25) is 4.79 Å². The van der Waals surface area contributed by atoms with E-state index >= 15 is 0 Å². The lowest BCUT2D eigenvalue weighted by molar-refractivity contribution is -0.114. The second-order valence-corrected chi connectivity index (χ2v) is 9.28. The Kier molecular flexibility index (Phi) is 8.08. The van der Waals surface area contributed by atoms with E-state index in [9.17, 15) is 26.7 Å². The van der Waals surface area contributed by atoms with Crippen molar-refractivity contribution >= 4 is 50.9 Å². The van der Waals surface area contributed by atoms with Gasteiger partial charge in [-0.05, 0) is 55.3 Å². The Labute approximate surface area is 227 Å². The molecule has 1 heterocycles. The van der Waals surface area contributed by atoms with Crippen LogP contribution in [0.3, 0.4) is 0 Å². The third-order valence-electron chi connectivity index (χ3n) is 5.40. The van der Waals surface area contributed by atoms with Crippen LogP contribution in [0.5, 0.6) is 11.5 Å². The fourth-order valence-corrected chi connectivity index (χ4v) is 4.13. The summed E-state index contributed by atoms with van der Waals surface area (Å²) >= 11 is 9.81. The van der Waals surface area contributed by atoms with E-state index < -0.39 is 40.7 Å². The quantitative estimate of drug-likeness (QED) is 0.119. The molecule has 0 saturated heterocycles. The predicted octanol–water partition coefficient (Wildman–Crippen LogP) is 7.58. The molecular weight excluding hydrogens is 599 g/mol. The van der Waals surface area contributed by atoms with Gasteiger partial charge in [-0.25, -0.2) is 22.0 Å². The molecule has 0 spiro atoms. The summed E-state index contributed by atoms with van der Waals surface area (Å²) in [5.74, 6) is -11.7. The number of hydrazone groups is 1. The first-order valence-corrected chi connectivity index (χ1v) is 12.2. The van der Waals surface area contributed by atoms with Gasteiger partial charge in [-0.15, -0.1) is 0 Å². The van der Waals surface area contributed by atoms with Gasteiger partial charge < -0.3 is 9.47 Å². The molecule has 3 aromatic carbocycles. The highest BCUT2D eigenvalue weighted by Gasteiger charge is 2.37. The number of amides is 1. The monoisotopic (exact) mass is 614 g/mol. The van der Waals surface area contributed by atoms with Crippen molar-refractivity contribution < 1.29 is 36.2 Å². The van der Waals surface area contributed by atoms with E-state index in [-0.39, 0.29) is 46.0 Å². The molecule has 1 amide bonds. The summed E-state index contributed by atoms with van der Waals surface area (Å²) in [6.07, 6.45) is 1.31. The summed E-state index contributed by atoms with van der Waals surface area (Å²) in [6, 6.07) is 10.4. The largest absolute Gasteiger partial charge is 0.490 e. The second kappa shape index (κ2) is 11.1. The van der Waals surface area contributed by atoms with Crippen LogP contribution in [0.1, 0.15) is 25.0 Å². The minimum Gasteiger partial charge on any atom is -0.490 e. The molecule has 0 N–H and O–H groups in total. The number of rotatable bonds is 7. The number of nitrogens with zero attached hydrogens (tertiary/aromatic N) is 2. The van der Waals surface area contributed by atoms with Gasteiger partial charge in [0.25, 0.3) is 5.91 Å². The molecule has 0 saturated carbocycles. The molecule has 0 atom stereocenters. The lowest BCUT2D eigenvalue weighted by Crippen LogP contribution is -2.25. The fraction of sp³-hybridized carbons (Fsp3) is 0.154. The van der Waals surface area contributed by atoms with Crippen LogP contribution in [0.4, 0.5) is 27.6 Å². The first kappa shape index (κ1) is 27.6. The minimum atomic E-state index is -2.34. The number of ether oxygens (including phenoxy) is 2. The first-order valence-electron chi connectivity index (χ1n) is 11.0. The van der Waals surface area contributed by atoms with E-state index in [1.54, 1.807) is 6.92 Å². The molecule has 1 aliphatic rings. The van der Waals surface area contributed by atoms with Crippen LogP contribution in [0.15, 0.2) is 51.5 Å². The fourth-order valence-electron chi connectivity index (χ4n) is 3.59. The van der Waals surface area contributed by atoms with Gasteiger partial charge in [0, 0.05) is 4.47 Å². The SMILES string of the molecule is CCOc1cc(/C=C2/C(=O)N(c3c(F)c(F)c(F)c(F)c3F)N=C2C)cc(Cl)c1OCc1ccc(Br)cc1. The van der Waals surface area contributed by atoms with Crippen LogP contribution in [-0.2, 0) is 11.4 Å². The van der Waals surface area contributed by atoms with Crippen molar-refractivity contribution in [3.63, 3.8) is 0 Å². The Morgan fingerprint density at radius 2 is 1.58 bits per heavy atom. The van der Waals surface area contributed by atoms with Crippen molar-refractivity contribution in [1.29, 1.82) is 0 Å². The minimum absolute atomic E-state index is 0.0245. The zero-order valence-corrected chi connectivity index (χ0v) is 22.1. The van der Waals surface area contributed by atoms with Crippen LogP contribution in [0.25, 0.3) is 6.08 Å². The number of carbonyl (C=O) groups excluding carboxylic acids is 1. The maximum absolute atomic E-state index is 14.3. The van der Waals surface area contributed by atoms with Crippen molar-refractivity contribution in [3.8, 4) is 11.5 Å². The van der Waals surface area contributed by atoms with Gasteiger partial charge in [0.05, 0.1) is 22.9 Å². The average molecular weight is 616 g/mol. The van der Waals surface area contributed by atoms with Crippen molar-refractivity contribution in [1.82, 2.24) is 0 Å². The van der Waals surface area contributed by atoms with E-state index in [4.69, 9.17) is 21.1 Å². The van der Waals surface area contributed by atoms with Crippen LogP contribution in [0, 0.1) is 29.1 Å². The highest BCUT2D eigenvalue weighted by atomic mass is 79.9. The standard InChI is InChI=1S/C26H17BrClF5N2O3/c1-3-37-18-10-14(9-17(28)25(18)38-11-13-4-6-15(27)7-5-13)8-16-12(2)34-35(26(16)36)24-22(32)20(30)19(29)21(31)23(24)33/h4-10H,3,11H2,1-2H3/b16-8+. The Hall–Kier alpha value is -3.44. The molecular formula is C26H17BrClF5N2O3. The number of anilines is 1. The molecule has 12 heteroatoms. The van der Waals surface area contributed by atoms with Gasteiger partial charge in [0.1, 0.15) is 12.3 Å². The highest BCUT2D eigenvalue weighted by Crippen LogP contribution is 2.39. The molecule has 0 radical (unpaired) electrons. The zero-order chi connectivity index (χ0) is 27.7. The second-order valence-electron chi connectivity index (χ2n) is 7.96. The van der Waals surface area contributed by atoms with Crippen molar-refractivity contribution in [2.24, 2.45) is 5.10 Å². The van der Waals surface area contributed by atoms with Gasteiger partial charge in [0.15, 0.2) is 34.8 Å². The normalized spacial score (nSPS) is 14.3. The van der Waals surface area contributed by atoms with E-state index in [0.717, 1.165) is 10.0 Å². The number of hydrogen-bond donors (Lipinski definition) is 0. The topological polar surface area (TPSA) is 51.1 Å². The summed E-state index contributed by atoms with van der Waals surface area (Å²) in [7, 11) is 0. The molecule has 0 fully saturated rings. The lowest BCUT2D eigenvalue weighted by atomic mass is 10.1. The molecule has 5 nitrogen and oxygen atoms in total. The Bertz CT molecular complexity index is 1470. The number of halogens is 7. The van der Waals surface area contributed by atoms with E-state index in [0.29, 0.717) is 5.56 Å². The van der Waals surface area contributed by atoms with Gasteiger partial charge in [-0.1, -0.05) is 39.7 Å². The zero-order valence-electron chi connectivity index (χ0n) is 19.7. The van der Waals surface area contributed by atoms with E-state index in [2.05, 4.69) is 21.0 Å². The van der Waals surface area contributed by atoms with E-state index in [1.807, 2.05) is 24.3 Å². The highest BCUT2D eigenvalue weighted by molar-refractivity contribution is 9.10. The van der Waals surface area contributed by atoms with Crippen molar-refractivity contribution in [2.75, 3.05) is 11.6 Å². The van der Waals surface area contributed by atoms with Gasteiger partial charge in [-0.2, -0.15) is 10.1 Å². The smallest absolute Gasteiger partial charge is 0.280 e. The molecule has 198 valence electrons. The van der Waals surface area contributed by atoms with Crippen molar-refractivity contribution in [2.45, 2.75) is 20.5 Å². The molecule has 3 aromatic rings. The molecule has 0 unspecified atom stereocenters. The molecule has 0 aromatic heterocycles. The lowest BCUT2D eigenvalue weighted by Gasteiger charge is -2.15. The summed E-state index contributed by atoms with van der Waals surface area (Å²) in [5, 5.41) is 4.01. The first-order chi connectivity index (χ1) is 18.0. The Balaban J connectivity index is 1.67. The number of carbonyl (C=O) groups is 1. The van der Waals surface area contributed by atoms with Crippen LogP contribution < -0.4 is 14.5 Å². The molecule has 4 rings (SSSR count). The average Bonchev–Trinajstić information content (AvgIpc) is 3.15. The van der Waals surface area contributed by atoms with Crippen LogP contribution in [0.2, 0.25) is 5.02 Å². The third-order valence-corrected chi connectivity index (χ3v) is 6.21.